The number of methoxy groups -OCH3 is 2. The maximum Gasteiger partial charge on any atom is 0.327 e. The first kappa shape index (κ1) is 66.8. The predicted molar refractivity (Wildman–Crippen MR) is 323 cm³/mol. The van der Waals surface area contributed by atoms with Crippen LogP contribution in [-0.2, 0) is 56.2 Å². The fourth-order valence-electron chi connectivity index (χ4n) is 10.9. The number of primary amides is 1. The summed E-state index contributed by atoms with van der Waals surface area (Å²) in [7, 11) is 2.62. The minimum absolute atomic E-state index is 0.00529. The highest BCUT2D eigenvalue weighted by Crippen LogP contribution is 2.66. The lowest BCUT2D eigenvalue weighted by atomic mass is 9.92. The van der Waals surface area contributed by atoms with Gasteiger partial charge in [-0.3, -0.25) is 52.9 Å². The number of fused-ring (bicyclic) bond motifs is 6. The zero-order valence-electron chi connectivity index (χ0n) is 49.2. The first-order chi connectivity index (χ1) is 43.6. The monoisotopic (exact) mass is 1300 g/mol. The number of H-pyrrole nitrogens is 1. The molecule has 92 heavy (non-hydrogen) atoms. The van der Waals surface area contributed by atoms with Gasteiger partial charge < -0.3 is 105 Å². The highest BCUT2D eigenvalue weighted by molar-refractivity contribution is 7.99. The quantitative estimate of drug-likeness (QED) is 0.00559. The molecule has 6 heterocycles. The summed E-state index contributed by atoms with van der Waals surface area (Å²) in [5, 5.41) is 87.2. The molecule has 5 aromatic rings. The SMILES string of the molecule is COc1c(C)c(O)c2c(c1O)C(=CCC(N)=O)[C@]1(OC)C3C(CN21)N3C(=O)Cn1c(O)cc(SCC(NC(=O)[C@@H](CC(=O)O)NC(=O)[C@@H](CCCN=C(N)N)NC(=O)CC[C@@H](NC(=O)c2ccc(NCc3cnc4nc(N)[nH]c(=O)c4n3)cc2)C(=O)O)C(=O)O)c1O. The van der Waals surface area contributed by atoms with Gasteiger partial charge in [-0.15, -0.1) is 11.8 Å². The number of hydrogen-bond donors (Lipinski definition) is 17. The first-order valence-corrected chi connectivity index (χ1v) is 28.9. The second-order valence-corrected chi connectivity index (χ2v) is 22.3. The molecule has 36 nitrogen and oxygen atoms in total. The molecule has 37 heteroatoms. The van der Waals surface area contributed by atoms with E-state index in [9.17, 15) is 83.7 Å². The second kappa shape index (κ2) is 27.7. The number of rotatable bonds is 30. The molecule has 6 amide bonds. The van der Waals surface area contributed by atoms with Crippen LogP contribution < -0.4 is 64.7 Å². The van der Waals surface area contributed by atoms with E-state index in [1.54, 1.807) is 4.90 Å². The van der Waals surface area contributed by atoms with Crippen molar-refractivity contribution in [2.45, 2.75) is 105 Å². The number of amides is 6. The Morgan fingerprint density at radius 2 is 1.58 bits per heavy atom. The summed E-state index contributed by atoms with van der Waals surface area (Å²) in [6, 6.07) is -1.70. The average molecular weight is 1300 g/mol. The van der Waals surface area contributed by atoms with Crippen LogP contribution in [0.15, 0.2) is 57.3 Å². The van der Waals surface area contributed by atoms with Crippen molar-refractivity contribution in [3.8, 4) is 29.0 Å². The van der Waals surface area contributed by atoms with Crippen molar-refractivity contribution in [1.82, 2.24) is 50.7 Å². The number of phenols is 2. The second-order valence-electron chi connectivity index (χ2n) is 21.2. The van der Waals surface area contributed by atoms with E-state index in [1.165, 1.54) is 62.6 Å². The number of aromatic nitrogens is 5. The van der Waals surface area contributed by atoms with Gasteiger partial charge in [0.25, 0.3) is 11.5 Å². The molecule has 8 rings (SSSR count). The lowest BCUT2D eigenvalue weighted by Crippen LogP contribution is -2.56. The first-order valence-electron chi connectivity index (χ1n) is 27.9. The van der Waals surface area contributed by atoms with Crippen molar-refractivity contribution in [2.24, 2.45) is 22.2 Å². The van der Waals surface area contributed by atoms with Gasteiger partial charge in [-0.05, 0) is 50.5 Å². The van der Waals surface area contributed by atoms with Crippen molar-refractivity contribution in [2.75, 3.05) is 49.0 Å². The average Bonchev–Trinajstić information content (AvgIpc) is 1.49. The van der Waals surface area contributed by atoms with Crippen LogP contribution in [0.3, 0.4) is 0 Å². The molecule has 7 atom stereocenters. The van der Waals surface area contributed by atoms with E-state index >= 15 is 0 Å². The molecular formula is C55H65N17O19S. The number of benzene rings is 2. The molecule has 0 spiro atoms. The van der Waals surface area contributed by atoms with Gasteiger partial charge >= 0.3 is 17.9 Å². The maximum atomic E-state index is 14.1. The Kier molecular flexibility index (Phi) is 20.1. The lowest BCUT2D eigenvalue weighted by molar-refractivity contribution is -0.143. The van der Waals surface area contributed by atoms with Crippen molar-refractivity contribution < 1.29 is 88.4 Å². The van der Waals surface area contributed by atoms with E-state index in [0.717, 1.165) is 10.6 Å². The number of ether oxygens (including phenoxy) is 2. The molecule has 0 aliphatic carbocycles. The van der Waals surface area contributed by atoms with Gasteiger partial charge in [-0.1, -0.05) is 6.08 Å². The molecule has 2 saturated heterocycles. The Labute approximate surface area is 523 Å². The van der Waals surface area contributed by atoms with Crippen molar-refractivity contribution >= 4 is 105 Å². The zero-order chi connectivity index (χ0) is 67.2. The number of nitrogens with zero attached hydrogens (tertiary/aromatic N) is 7. The van der Waals surface area contributed by atoms with Crippen molar-refractivity contribution in [1.29, 1.82) is 0 Å². The number of phenolic OH excluding ortho intramolecular Hbond substituents is 2. The molecule has 2 fully saturated rings. The molecule has 3 aromatic heterocycles. The molecular weight excluding hydrogens is 1230 g/mol. The van der Waals surface area contributed by atoms with Gasteiger partial charge in [-0.25, -0.2) is 19.6 Å². The van der Waals surface area contributed by atoms with Crippen LogP contribution in [0.25, 0.3) is 16.7 Å². The van der Waals surface area contributed by atoms with Gasteiger partial charge in [0.05, 0.1) is 54.2 Å². The zero-order valence-corrected chi connectivity index (χ0v) is 50.0. The normalized spacial score (nSPS) is 17.7. The van der Waals surface area contributed by atoms with E-state index in [-0.39, 0.29) is 112 Å². The van der Waals surface area contributed by atoms with Crippen LogP contribution in [0.1, 0.15) is 65.7 Å². The molecule has 490 valence electrons. The number of carboxylic acid groups (broad SMARTS) is 3. The van der Waals surface area contributed by atoms with Crippen molar-refractivity contribution in [3.05, 3.63) is 75.3 Å². The summed E-state index contributed by atoms with van der Waals surface area (Å²) in [6.45, 7) is 0.888. The van der Waals surface area contributed by atoms with Crippen molar-refractivity contribution in [3.63, 3.8) is 0 Å². The summed E-state index contributed by atoms with van der Waals surface area (Å²) >= 11 is 0.591. The third kappa shape index (κ3) is 14.2. The highest BCUT2D eigenvalue weighted by atomic mass is 32.2. The van der Waals surface area contributed by atoms with Crippen LogP contribution in [0.4, 0.5) is 17.3 Å². The summed E-state index contributed by atoms with van der Waals surface area (Å²) in [6.07, 6.45) is 0.00255. The number of aromatic amines is 1. The Hall–Kier alpha value is -11.1. The fraction of sp³-hybridized carbons (Fsp3) is 0.382. The Balaban J connectivity index is 0.871. The minimum Gasteiger partial charge on any atom is -0.505 e. The Morgan fingerprint density at radius 1 is 0.891 bits per heavy atom. The molecule has 2 aromatic carbocycles. The van der Waals surface area contributed by atoms with Gasteiger partial charge in [0.15, 0.2) is 40.2 Å². The smallest absolute Gasteiger partial charge is 0.327 e. The minimum atomic E-state index is -1.99. The topological polar surface area (TPSA) is 573 Å². The van der Waals surface area contributed by atoms with Gasteiger partial charge in [0.2, 0.25) is 41.4 Å². The van der Waals surface area contributed by atoms with Crippen LogP contribution in [0.5, 0.6) is 29.0 Å². The van der Waals surface area contributed by atoms with E-state index < -0.39 is 144 Å². The molecule has 0 bridgehead atoms. The number of aromatic hydroxyl groups is 4. The number of hydrogen-bond acceptors (Lipinski definition) is 24. The third-order valence-electron chi connectivity index (χ3n) is 15.3. The number of aliphatic carboxylic acids is 3. The van der Waals surface area contributed by atoms with Crippen LogP contribution in [0, 0.1) is 6.92 Å². The van der Waals surface area contributed by atoms with Gasteiger partial charge in [-0.2, -0.15) is 4.98 Å². The maximum absolute atomic E-state index is 14.1. The molecule has 0 saturated carbocycles. The van der Waals surface area contributed by atoms with E-state index in [0.29, 0.717) is 23.1 Å². The number of nitrogens with one attached hydrogen (secondary N) is 6. The molecule has 3 unspecified atom stereocenters. The number of piperazine rings is 1. The van der Waals surface area contributed by atoms with Crippen LogP contribution >= 0.6 is 11.8 Å². The standard InChI is InChI=1S/C55H65N17O19S/c1-22-41(79)40-38(42(80)43(22)90-2)26(10-12-33(56)73)55(91-3)44-31(19-71(40)55)72(44)36(76)20-70-35(75)16-32(50(70)85)92-21-30(52(88)89)67-48(83)29(15-37(77)78)66-47(82)27(5-4-14-60-53(57)58)64-34(74)13-11-28(51(86)87)65-46(81)23-6-8-24(9-7-23)61-17-25-18-62-45-39(63-25)49(84)69-54(59)68-45/h6-10,16,18,27-31,44,61,75,79-80,85H,4-5,11-15,17,19-21H2,1-3H3,(H2,56,73)(H,64,74)(H,65,81)(H,66,82)(H,67,83)(H,77,78)(H,86,87)(H,88,89)(H4,57,58,60)(H3,59,62,68,69,84)/t27-,28-,29-,30?,31?,44?,55+,72?/m1/s1. The predicted octanol–water partition coefficient (Wildman–Crippen LogP) is -2.61. The number of anilines is 3. The van der Waals surface area contributed by atoms with E-state index in [2.05, 4.69) is 51.5 Å². The highest BCUT2D eigenvalue weighted by Gasteiger charge is 2.75. The number of thioether (sulfide) groups is 1. The molecule has 3 aliphatic rings. The van der Waals surface area contributed by atoms with Crippen LogP contribution in [0.2, 0.25) is 0 Å². The molecule has 21 N–H and O–H groups in total. The largest absolute Gasteiger partial charge is 0.505 e. The number of guanidine groups is 1. The molecule has 3 aliphatic heterocycles. The number of carbonyl (C=O) groups is 9. The van der Waals surface area contributed by atoms with Gasteiger partial charge in [0.1, 0.15) is 42.5 Å². The summed E-state index contributed by atoms with van der Waals surface area (Å²) < 4.78 is 12.3. The third-order valence-corrected chi connectivity index (χ3v) is 16.4. The number of carbonyl (C=O) groups excluding carboxylic acids is 6. The lowest BCUT2D eigenvalue weighted by Gasteiger charge is -2.37. The summed E-state index contributed by atoms with van der Waals surface area (Å²) in [5.41, 5.74) is 21.3. The van der Waals surface area contributed by atoms with E-state index in [1.807, 2.05) is 0 Å². The Morgan fingerprint density at radius 3 is 2.22 bits per heavy atom. The molecule has 0 radical (unpaired) electrons. The van der Waals surface area contributed by atoms with E-state index in [4.69, 9.17) is 32.4 Å². The number of nitrogens with two attached hydrogens (primary N) is 4. The van der Waals surface area contributed by atoms with Crippen LogP contribution in [-0.4, -0.2) is 199 Å². The summed E-state index contributed by atoms with van der Waals surface area (Å²) in [5.74, 6) is -13.5. The Bertz CT molecular complexity index is 3910. The van der Waals surface area contributed by atoms with Gasteiger partial charge in [0, 0.05) is 67.2 Å². The fourth-order valence-corrected chi connectivity index (χ4v) is 11.9. The number of aliphatic imine (C=N–C) groups is 1. The number of carboxylic acids is 3. The summed E-state index contributed by atoms with van der Waals surface area (Å²) in [4.78, 5) is 151. The number of nitrogen functional groups attached to an aromatic ring is 1.